The molecule has 0 bridgehead atoms. The molecule has 114 valence electrons. The van der Waals surface area contributed by atoms with E-state index in [4.69, 9.17) is 4.74 Å². The average Bonchev–Trinajstić information content (AvgIpc) is 3.20. The Morgan fingerprint density at radius 3 is 2.81 bits per heavy atom. The van der Waals surface area contributed by atoms with Crippen molar-refractivity contribution in [3.63, 3.8) is 0 Å². The van der Waals surface area contributed by atoms with Crippen molar-refractivity contribution < 1.29 is 4.74 Å². The Bertz CT molecular complexity index is 767. The Morgan fingerprint density at radius 1 is 1.38 bits per heavy atom. The monoisotopic (exact) mass is 292 g/mol. The second-order valence-corrected chi connectivity index (χ2v) is 5.45. The summed E-state index contributed by atoms with van der Waals surface area (Å²) < 4.78 is 9.72. The van der Waals surface area contributed by atoms with Crippen LogP contribution in [0.25, 0.3) is 11.2 Å². The van der Waals surface area contributed by atoms with E-state index in [1.807, 2.05) is 6.92 Å². The summed E-state index contributed by atoms with van der Waals surface area (Å²) >= 11 is 0. The average molecular weight is 292 g/mol. The Morgan fingerprint density at radius 2 is 2.14 bits per heavy atom. The van der Waals surface area contributed by atoms with E-state index >= 15 is 0 Å². The van der Waals surface area contributed by atoms with Gasteiger partial charge < -0.3 is 9.30 Å². The highest BCUT2D eigenvalue weighted by Gasteiger charge is 2.21. The molecule has 1 fully saturated rings. The zero-order valence-corrected chi connectivity index (χ0v) is 12.4. The number of hydrogen-bond acceptors (Lipinski definition) is 4. The van der Waals surface area contributed by atoms with E-state index in [-0.39, 0.29) is 11.2 Å². The van der Waals surface area contributed by atoms with Gasteiger partial charge >= 0.3 is 5.69 Å². The lowest BCUT2D eigenvalue weighted by molar-refractivity contribution is 0.385. The maximum atomic E-state index is 12.5. The minimum atomic E-state index is -0.295. The van der Waals surface area contributed by atoms with Crippen molar-refractivity contribution in [3.05, 3.63) is 27.2 Å². The molecular formula is C14H20N4O3. The summed E-state index contributed by atoms with van der Waals surface area (Å²) in [6, 6.07) is 0. The van der Waals surface area contributed by atoms with Crippen molar-refractivity contribution >= 4 is 11.2 Å². The molecule has 1 atom stereocenters. The number of epoxide rings is 1. The first kappa shape index (κ1) is 14.1. The topological polar surface area (TPSA) is 74.3 Å². The first-order valence-corrected chi connectivity index (χ1v) is 7.39. The maximum Gasteiger partial charge on any atom is 0.332 e. The highest BCUT2D eigenvalue weighted by Crippen LogP contribution is 2.16. The van der Waals surface area contributed by atoms with Gasteiger partial charge in [0, 0.05) is 20.1 Å². The fourth-order valence-electron chi connectivity index (χ4n) is 2.64. The third kappa shape index (κ3) is 2.53. The van der Waals surface area contributed by atoms with Gasteiger partial charge in [0.15, 0.2) is 11.2 Å². The predicted octanol–water partition coefficient (Wildman–Crippen LogP) is 0.486. The Balaban J connectivity index is 1.92. The second-order valence-electron chi connectivity index (χ2n) is 5.45. The quantitative estimate of drug-likeness (QED) is 0.573. The molecule has 0 saturated carbocycles. The number of hydrogen-bond donors (Lipinski definition) is 0. The van der Waals surface area contributed by atoms with Crippen molar-refractivity contribution in [2.75, 3.05) is 6.61 Å². The molecule has 1 saturated heterocycles. The molecule has 2 aromatic heterocycles. The lowest BCUT2D eigenvalue weighted by atomic mass is 10.2. The lowest BCUT2D eigenvalue weighted by Crippen LogP contribution is -2.39. The van der Waals surface area contributed by atoms with Gasteiger partial charge in [-0.1, -0.05) is 0 Å². The van der Waals surface area contributed by atoms with Gasteiger partial charge in [-0.2, -0.15) is 0 Å². The summed E-state index contributed by atoms with van der Waals surface area (Å²) in [5.41, 5.74) is 0.422. The Hall–Kier alpha value is -1.89. The smallest absolute Gasteiger partial charge is 0.332 e. The van der Waals surface area contributed by atoms with Crippen LogP contribution < -0.4 is 11.2 Å². The number of aryl methyl sites for hydroxylation is 2. The van der Waals surface area contributed by atoms with Crippen molar-refractivity contribution in [1.29, 1.82) is 0 Å². The van der Waals surface area contributed by atoms with Crippen LogP contribution in [0.4, 0.5) is 0 Å². The summed E-state index contributed by atoms with van der Waals surface area (Å²) in [5, 5.41) is 0. The third-order valence-electron chi connectivity index (χ3n) is 4.00. The number of fused-ring (bicyclic) bond motifs is 1. The van der Waals surface area contributed by atoms with Gasteiger partial charge in [-0.05, 0) is 26.2 Å². The highest BCUT2D eigenvalue weighted by molar-refractivity contribution is 5.69. The van der Waals surface area contributed by atoms with E-state index in [2.05, 4.69) is 4.98 Å². The summed E-state index contributed by atoms with van der Waals surface area (Å²) in [5.74, 6) is 0. The molecule has 3 heterocycles. The van der Waals surface area contributed by atoms with E-state index in [1.165, 1.54) is 9.13 Å². The first-order valence-electron chi connectivity index (χ1n) is 7.39. The zero-order chi connectivity index (χ0) is 15.0. The second kappa shape index (κ2) is 5.48. The largest absolute Gasteiger partial charge is 0.373 e. The number of unbranched alkanes of at least 4 members (excludes halogenated alkanes) is 1. The Kier molecular flexibility index (Phi) is 3.67. The first-order chi connectivity index (χ1) is 10.1. The van der Waals surface area contributed by atoms with E-state index in [9.17, 15) is 9.59 Å². The number of imidazole rings is 1. The Labute approximate surface area is 121 Å². The fraction of sp³-hybridized carbons (Fsp3) is 0.643. The lowest BCUT2D eigenvalue weighted by Gasteiger charge is -2.08. The highest BCUT2D eigenvalue weighted by atomic mass is 16.6. The minimum absolute atomic E-state index is 0.241. The standard InChI is InChI=1S/C14H20N4O3/c1-3-17-9-15-12-11(17)13(19)18(14(20)16(12)2)7-5-4-6-10-8-21-10/h9-10H,3-8H2,1-2H3. The van der Waals surface area contributed by atoms with Crippen LogP contribution in [-0.4, -0.2) is 31.4 Å². The molecule has 21 heavy (non-hydrogen) atoms. The molecule has 0 radical (unpaired) electrons. The number of nitrogens with zero attached hydrogens (tertiary/aromatic N) is 4. The van der Waals surface area contributed by atoms with Crippen LogP contribution >= 0.6 is 0 Å². The van der Waals surface area contributed by atoms with Gasteiger partial charge in [0.1, 0.15) is 0 Å². The fourth-order valence-corrected chi connectivity index (χ4v) is 2.64. The third-order valence-corrected chi connectivity index (χ3v) is 4.00. The molecule has 0 amide bonds. The van der Waals surface area contributed by atoms with E-state index < -0.39 is 0 Å². The van der Waals surface area contributed by atoms with E-state index in [1.54, 1.807) is 17.9 Å². The summed E-state index contributed by atoms with van der Waals surface area (Å²) in [6.45, 7) is 3.90. The summed E-state index contributed by atoms with van der Waals surface area (Å²) in [6.07, 6.45) is 4.78. The summed E-state index contributed by atoms with van der Waals surface area (Å²) in [4.78, 5) is 29.0. The number of rotatable bonds is 6. The molecule has 0 spiro atoms. The van der Waals surface area contributed by atoms with Crippen LogP contribution in [0.15, 0.2) is 15.9 Å². The van der Waals surface area contributed by atoms with Crippen LogP contribution in [0, 0.1) is 0 Å². The van der Waals surface area contributed by atoms with E-state index in [0.29, 0.717) is 30.4 Å². The van der Waals surface area contributed by atoms with E-state index in [0.717, 1.165) is 25.9 Å². The molecule has 1 aliphatic heterocycles. The zero-order valence-electron chi connectivity index (χ0n) is 12.4. The molecule has 1 aliphatic rings. The normalized spacial score (nSPS) is 17.5. The molecule has 3 rings (SSSR count). The minimum Gasteiger partial charge on any atom is -0.373 e. The van der Waals surface area contributed by atoms with Crippen LogP contribution in [0.1, 0.15) is 26.2 Å². The molecule has 0 aliphatic carbocycles. The molecule has 7 heteroatoms. The molecule has 2 aromatic rings. The van der Waals surface area contributed by atoms with Crippen LogP contribution in [0.5, 0.6) is 0 Å². The van der Waals surface area contributed by atoms with Crippen molar-refractivity contribution in [3.8, 4) is 0 Å². The predicted molar refractivity (Wildman–Crippen MR) is 78.5 cm³/mol. The van der Waals surface area contributed by atoms with Gasteiger partial charge in [0.2, 0.25) is 0 Å². The van der Waals surface area contributed by atoms with Crippen LogP contribution in [0.2, 0.25) is 0 Å². The molecule has 0 aromatic carbocycles. The van der Waals surface area contributed by atoms with Crippen molar-refractivity contribution in [1.82, 2.24) is 18.7 Å². The number of ether oxygens (including phenoxy) is 1. The van der Waals surface area contributed by atoms with Crippen LogP contribution in [0.3, 0.4) is 0 Å². The summed E-state index contributed by atoms with van der Waals surface area (Å²) in [7, 11) is 1.66. The van der Waals surface area contributed by atoms with Crippen molar-refractivity contribution in [2.45, 2.75) is 45.4 Å². The molecule has 0 N–H and O–H groups in total. The van der Waals surface area contributed by atoms with Gasteiger partial charge in [-0.25, -0.2) is 9.78 Å². The van der Waals surface area contributed by atoms with Gasteiger partial charge in [-0.15, -0.1) is 0 Å². The van der Waals surface area contributed by atoms with Crippen LogP contribution in [-0.2, 0) is 24.9 Å². The molecule has 1 unspecified atom stereocenters. The van der Waals surface area contributed by atoms with Gasteiger partial charge in [-0.3, -0.25) is 13.9 Å². The van der Waals surface area contributed by atoms with Gasteiger partial charge in [0.25, 0.3) is 5.56 Å². The SMILES string of the molecule is CCn1cnc2c1c(=O)n(CCCCC1CO1)c(=O)n2C. The number of aromatic nitrogens is 4. The van der Waals surface area contributed by atoms with Crippen molar-refractivity contribution in [2.24, 2.45) is 7.05 Å². The molecule has 7 nitrogen and oxygen atoms in total. The maximum absolute atomic E-state index is 12.5. The molecular weight excluding hydrogens is 272 g/mol. The van der Waals surface area contributed by atoms with Gasteiger partial charge in [0.05, 0.1) is 19.0 Å².